The largest absolute Gasteiger partial charge is 0.381 e. The van der Waals surface area contributed by atoms with E-state index in [-0.39, 0.29) is 0 Å². The molecule has 4 nitrogen and oxygen atoms in total. The van der Waals surface area contributed by atoms with Crippen molar-refractivity contribution in [2.45, 2.75) is 91.5 Å². The average Bonchev–Trinajstić information content (AvgIpc) is 3.44. The molecule has 0 aromatic carbocycles. The molecule has 4 unspecified atom stereocenters. The van der Waals surface area contributed by atoms with E-state index >= 15 is 0 Å². The van der Waals surface area contributed by atoms with Crippen molar-refractivity contribution in [1.29, 1.82) is 5.26 Å². The number of fused-ring (bicyclic) bond motifs is 5. The molecule has 4 aliphatic carbocycles. The van der Waals surface area contributed by atoms with Crippen molar-refractivity contribution in [1.82, 2.24) is 9.78 Å². The number of hydrogen-bond acceptors (Lipinski definition) is 3. The first-order valence-corrected chi connectivity index (χ1v) is 14.1. The second-order valence-electron chi connectivity index (χ2n) is 12.2. The van der Waals surface area contributed by atoms with E-state index in [9.17, 15) is 0 Å². The van der Waals surface area contributed by atoms with Gasteiger partial charge in [-0.1, -0.05) is 20.3 Å². The predicted molar refractivity (Wildman–Crippen MR) is 131 cm³/mol. The Hall–Kier alpha value is -1.34. The Kier molecular flexibility index (Phi) is 6.90. The van der Waals surface area contributed by atoms with E-state index in [1.54, 1.807) is 0 Å². The summed E-state index contributed by atoms with van der Waals surface area (Å²) >= 11 is 0. The molecule has 0 saturated heterocycles. The van der Waals surface area contributed by atoms with Crippen molar-refractivity contribution in [2.24, 2.45) is 52.8 Å². The second-order valence-corrected chi connectivity index (χ2v) is 12.2. The van der Waals surface area contributed by atoms with Crippen LogP contribution in [0.15, 0.2) is 12.3 Å². The quantitative estimate of drug-likeness (QED) is 0.463. The van der Waals surface area contributed by atoms with Crippen molar-refractivity contribution in [2.75, 3.05) is 13.2 Å². The van der Waals surface area contributed by atoms with E-state index in [0.29, 0.717) is 17.0 Å². The highest BCUT2D eigenvalue weighted by Gasteiger charge is 2.57. The monoisotopic (exact) mass is 451 g/mol. The first kappa shape index (κ1) is 23.4. The molecule has 4 saturated carbocycles. The summed E-state index contributed by atoms with van der Waals surface area (Å²) in [7, 11) is 0. The first-order chi connectivity index (χ1) is 16.1. The molecule has 0 bridgehead atoms. The molecule has 5 rings (SSSR count). The maximum Gasteiger partial charge on any atom is 0.162 e. The van der Waals surface area contributed by atoms with Crippen molar-refractivity contribution in [3.05, 3.63) is 18.0 Å². The molecule has 4 fully saturated rings. The zero-order chi connectivity index (χ0) is 23.0. The summed E-state index contributed by atoms with van der Waals surface area (Å²) in [5.41, 5.74) is 1.06. The van der Waals surface area contributed by atoms with Gasteiger partial charge in [0.1, 0.15) is 6.07 Å². The molecule has 1 aromatic heterocycles. The molecule has 0 radical (unpaired) electrons. The second kappa shape index (κ2) is 9.73. The van der Waals surface area contributed by atoms with E-state index < -0.39 is 0 Å². The van der Waals surface area contributed by atoms with Gasteiger partial charge in [0.05, 0.1) is 0 Å². The van der Waals surface area contributed by atoms with E-state index in [1.807, 2.05) is 16.9 Å². The fourth-order valence-corrected chi connectivity index (χ4v) is 9.51. The van der Waals surface area contributed by atoms with Crippen LogP contribution in [0.1, 0.15) is 90.7 Å². The summed E-state index contributed by atoms with van der Waals surface area (Å²) in [6.07, 6.45) is 16.3. The number of hydrogen-bond donors (Lipinski definition) is 0. The lowest BCUT2D eigenvalue weighted by molar-refractivity contribution is -0.0797. The Labute approximate surface area is 201 Å². The molecule has 1 aromatic rings. The van der Waals surface area contributed by atoms with Crippen LogP contribution in [0.4, 0.5) is 0 Å². The zero-order valence-electron chi connectivity index (χ0n) is 21.2. The molecule has 182 valence electrons. The van der Waals surface area contributed by atoms with Crippen molar-refractivity contribution >= 4 is 0 Å². The van der Waals surface area contributed by atoms with Gasteiger partial charge in [-0.05, 0) is 124 Å². The molecule has 4 heteroatoms. The SMILES string of the molecule is CCOC[C@H]1CC[C@@H]2C3CC[C@]4(C)C(C(CC)Cn5ccc(C#N)n5)CCC4[C@@H]3CC[C@@H]2C1. The van der Waals surface area contributed by atoms with Gasteiger partial charge in [-0.25, -0.2) is 0 Å². The molecule has 0 N–H and O–H groups in total. The van der Waals surface area contributed by atoms with Crippen molar-refractivity contribution in [3.63, 3.8) is 0 Å². The Morgan fingerprint density at radius 1 is 1.12 bits per heavy atom. The van der Waals surface area contributed by atoms with Gasteiger partial charge in [-0.3, -0.25) is 4.68 Å². The minimum atomic E-state index is 0.506. The summed E-state index contributed by atoms with van der Waals surface area (Å²) in [6, 6.07) is 4.05. The summed E-state index contributed by atoms with van der Waals surface area (Å²) in [5.74, 6) is 7.19. The Morgan fingerprint density at radius 2 is 1.97 bits per heavy atom. The standard InChI is InChI=1S/C29H45N3O/c1-4-21(18-32-15-13-23(17-30)31-32)27-10-11-28-26-9-7-22-16-20(19-33-5-2)6-8-24(22)25(26)12-14-29(27,28)3/h13,15,20-22,24-28H,4-12,14,16,18-19H2,1-3H3/t20-,21?,22+,24-,25?,26+,27?,28?,29+/m0/s1. The molecule has 0 aliphatic heterocycles. The third kappa shape index (κ3) is 4.29. The van der Waals surface area contributed by atoms with Gasteiger partial charge < -0.3 is 4.74 Å². The van der Waals surface area contributed by atoms with E-state index in [4.69, 9.17) is 10.00 Å². The number of nitrogens with zero attached hydrogens (tertiary/aromatic N) is 3. The highest BCUT2D eigenvalue weighted by Crippen LogP contribution is 2.65. The van der Waals surface area contributed by atoms with Gasteiger partial charge in [-0.15, -0.1) is 0 Å². The zero-order valence-corrected chi connectivity index (χ0v) is 21.2. The fraction of sp³-hybridized carbons (Fsp3) is 0.862. The van der Waals surface area contributed by atoms with Gasteiger partial charge in [0.15, 0.2) is 5.69 Å². The molecule has 33 heavy (non-hydrogen) atoms. The van der Waals surface area contributed by atoms with Gasteiger partial charge in [0.2, 0.25) is 0 Å². The lowest BCUT2D eigenvalue weighted by Crippen LogP contribution is -2.49. The average molecular weight is 452 g/mol. The van der Waals surface area contributed by atoms with Crippen LogP contribution in [0.5, 0.6) is 0 Å². The minimum Gasteiger partial charge on any atom is -0.381 e. The van der Waals surface area contributed by atoms with Crippen LogP contribution in [0.2, 0.25) is 0 Å². The van der Waals surface area contributed by atoms with Crippen LogP contribution in [0, 0.1) is 64.1 Å². The molecule has 1 heterocycles. The van der Waals surface area contributed by atoms with Gasteiger partial charge >= 0.3 is 0 Å². The minimum absolute atomic E-state index is 0.506. The van der Waals surface area contributed by atoms with Crippen LogP contribution in [0.25, 0.3) is 0 Å². The Bertz CT molecular complexity index is 842. The van der Waals surface area contributed by atoms with Crippen LogP contribution >= 0.6 is 0 Å². The summed E-state index contributed by atoms with van der Waals surface area (Å²) in [5, 5.41) is 13.7. The molecule has 9 atom stereocenters. The summed E-state index contributed by atoms with van der Waals surface area (Å²) < 4.78 is 7.85. The normalized spacial score (nSPS) is 41.0. The number of ether oxygens (including phenoxy) is 1. The molecule has 0 spiro atoms. The van der Waals surface area contributed by atoms with E-state index in [1.165, 1.54) is 64.2 Å². The van der Waals surface area contributed by atoms with Crippen LogP contribution < -0.4 is 0 Å². The summed E-state index contributed by atoms with van der Waals surface area (Å²) in [6.45, 7) is 10.0. The third-order valence-electron chi connectivity index (χ3n) is 11.0. The highest BCUT2D eigenvalue weighted by molar-refractivity contribution is 5.16. The molecule has 0 amide bonds. The molecular formula is C29H45N3O. The Balaban J connectivity index is 1.26. The number of rotatable bonds is 7. The lowest BCUT2D eigenvalue weighted by Gasteiger charge is -2.57. The van der Waals surface area contributed by atoms with Gasteiger partial charge in [-0.2, -0.15) is 10.4 Å². The molecule has 4 aliphatic rings. The van der Waals surface area contributed by atoms with E-state index in [0.717, 1.165) is 61.2 Å². The van der Waals surface area contributed by atoms with Crippen LogP contribution in [-0.2, 0) is 11.3 Å². The fourth-order valence-electron chi connectivity index (χ4n) is 9.51. The lowest BCUT2D eigenvalue weighted by atomic mass is 9.48. The first-order valence-electron chi connectivity index (χ1n) is 14.1. The number of nitriles is 1. The molecular weight excluding hydrogens is 406 g/mol. The Morgan fingerprint density at radius 3 is 2.73 bits per heavy atom. The smallest absolute Gasteiger partial charge is 0.162 e. The maximum absolute atomic E-state index is 9.16. The van der Waals surface area contributed by atoms with Gasteiger partial charge in [0.25, 0.3) is 0 Å². The van der Waals surface area contributed by atoms with Crippen LogP contribution in [-0.4, -0.2) is 23.0 Å². The third-order valence-corrected chi connectivity index (χ3v) is 11.0. The number of aromatic nitrogens is 2. The van der Waals surface area contributed by atoms with Gasteiger partial charge in [0, 0.05) is 26.0 Å². The van der Waals surface area contributed by atoms with Crippen molar-refractivity contribution < 1.29 is 4.74 Å². The maximum atomic E-state index is 9.16. The van der Waals surface area contributed by atoms with E-state index in [2.05, 4.69) is 31.9 Å². The predicted octanol–water partition coefficient (Wildman–Crippen LogP) is 6.70. The summed E-state index contributed by atoms with van der Waals surface area (Å²) in [4.78, 5) is 0. The van der Waals surface area contributed by atoms with Crippen molar-refractivity contribution in [3.8, 4) is 6.07 Å². The highest BCUT2D eigenvalue weighted by atomic mass is 16.5. The topological polar surface area (TPSA) is 50.8 Å². The van der Waals surface area contributed by atoms with Crippen LogP contribution in [0.3, 0.4) is 0 Å².